The Morgan fingerprint density at radius 3 is 2.42 bits per heavy atom. The van der Waals surface area contributed by atoms with Crippen LogP contribution in [-0.2, 0) is 10.0 Å². The minimum absolute atomic E-state index is 0.0222. The molecule has 0 fully saturated rings. The first-order chi connectivity index (χ1) is 8.74. The number of benzene rings is 1. The van der Waals surface area contributed by atoms with E-state index < -0.39 is 16.1 Å². The summed E-state index contributed by atoms with van der Waals surface area (Å²) in [6, 6.07) is 1.08. The Labute approximate surface area is 123 Å². The molecule has 7 heteroatoms. The van der Waals surface area contributed by atoms with Crippen molar-refractivity contribution in [3.05, 3.63) is 27.2 Å². The van der Waals surface area contributed by atoms with Gasteiger partial charge in [0.25, 0.3) is 0 Å². The third-order valence-electron chi connectivity index (χ3n) is 2.89. The molecule has 0 saturated carbocycles. The second-order valence-corrected chi connectivity index (χ2v) is 6.79. The SMILES string of the molecule is CC[C@@H](CO)NS(=O)(=O)c1c(C)c(Cl)cc(C)c1Cl. The average Bonchev–Trinajstić information content (AvgIpc) is 2.33. The molecular formula is C12H17Cl2NO3S. The fourth-order valence-electron chi connectivity index (χ4n) is 1.66. The van der Waals surface area contributed by atoms with Crippen molar-refractivity contribution in [1.29, 1.82) is 0 Å². The highest BCUT2D eigenvalue weighted by atomic mass is 35.5. The van der Waals surface area contributed by atoms with E-state index in [4.69, 9.17) is 28.3 Å². The van der Waals surface area contributed by atoms with Crippen LogP contribution in [0.5, 0.6) is 0 Å². The first kappa shape index (κ1) is 16.7. The van der Waals surface area contributed by atoms with Gasteiger partial charge in [-0.1, -0.05) is 30.1 Å². The molecule has 0 saturated heterocycles. The third-order valence-corrected chi connectivity index (χ3v) is 5.57. The Bertz CT molecular complexity index is 543. The van der Waals surface area contributed by atoms with E-state index in [1.165, 1.54) is 0 Å². The number of aliphatic hydroxyl groups is 1. The summed E-state index contributed by atoms with van der Waals surface area (Å²) in [6.07, 6.45) is 0.478. The molecule has 2 N–H and O–H groups in total. The molecule has 4 nitrogen and oxygen atoms in total. The summed E-state index contributed by atoms with van der Waals surface area (Å²) in [5, 5.41) is 9.60. The smallest absolute Gasteiger partial charge is 0.242 e. The van der Waals surface area contributed by atoms with E-state index in [-0.39, 0.29) is 16.5 Å². The van der Waals surface area contributed by atoms with E-state index in [9.17, 15) is 8.42 Å². The number of sulfonamides is 1. The van der Waals surface area contributed by atoms with Crippen LogP contribution < -0.4 is 4.72 Å². The minimum Gasteiger partial charge on any atom is -0.395 e. The van der Waals surface area contributed by atoms with Gasteiger partial charge in [-0.3, -0.25) is 0 Å². The Morgan fingerprint density at radius 2 is 1.95 bits per heavy atom. The molecule has 0 unspecified atom stereocenters. The first-order valence-corrected chi connectivity index (χ1v) is 8.06. The van der Waals surface area contributed by atoms with Gasteiger partial charge in [0, 0.05) is 11.1 Å². The van der Waals surface area contributed by atoms with Gasteiger partial charge in [0.05, 0.1) is 11.6 Å². The van der Waals surface area contributed by atoms with Crippen LogP contribution in [0.1, 0.15) is 24.5 Å². The zero-order valence-electron chi connectivity index (χ0n) is 11.0. The molecule has 108 valence electrons. The number of rotatable bonds is 5. The number of nitrogens with one attached hydrogen (secondary N) is 1. The molecule has 0 aliphatic carbocycles. The summed E-state index contributed by atoms with van der Waals surface area (Å²) in [4.78, 5) is -0.0222. The Morgan fingerprint density at radius 1 is 1.37 bits per heavy atom. The van der Waals surface area contributed by atoms with Gasteiger partial charge in [-0.2, -0.15) is 0 Å². The molecule has 0 bridgehead atoms. The molecule has 1 atom stereocenters. The highest BCUT2D eigenvalue weighted by molar-refractivity contribution is 7.89. The largest absolute Gasteiger partial charge is 0.395 e. The molecule has 0 radical (unpaired) electrons. The molecule has 0 amide bonds. The van der Waals surface area contributed by atoms with Crippen LogP contribution in [0, 0.1) is 13.8 Å². The zero-order valence-corrected chi connectivity index (χ0v) is 13.3. The predicted molar refractivity (Wildman–Crippen MR) is 77.4 cm³/mol. The molecule has 1 rings (SSSR count). The predicted octanol–water partition coefficient (Wildman–Crippen LogP) is 2.66. The molecule has 1 aromatic rings. The molecule has 0 aliphatic rings. The van der Waals surface area contributed by atoms with Gasteiger partial charge >= 0.3 is 0 Å². The summed E-state index contributed by atoms with van der Waals surface area (Å²) in [5.41, 5.74) is 0.993. The van der Waals surface area contributed by atoms with Gasteiger partial charge < -0.3 is 5.11 Å². The van der Waals surface area contributed by atoms with Crippen molar-refractivity contribution < 1.29 is 13.5 Å². The molecule has 0 heterocycles. The summed E-state index contributed by atoms with van der Waals surface area (Å²) in [5.74, 6) is 0. The summed E-state index contributed by atoms with van der Waals surface area (Å²) >= 11 is 12.1. The number of aryl methyl sites for hydroxylation is 1. The van der Waals surface area contributed by atoms with Gasteiger partial charge in [0.2, 0.25) is 10.0 Å². The van der Waals surface area contributed by atoms with Crippen LogP contribution >= 0.6 is 23.2 Å². The van der Waals surface area contributed by atoms with Gasteiger partial charge in [-0.25, -0.2) is 13.1 Å². The van der Waals surface area contributed by atoms with Crippen LogP contribution in [0.25, 0.3) is 0 Å². The average molecular weight is 326 g/mol. The van der Waals surface area contributed by atoms with E-state index >= 15 is 0 Å². The highest BCUT2D eigenvalue weighted by Crippen LogP contribution is 2.33. The number of hydrogen-bond acceptors (Lipinski definition) is 3. The fourth-order valence-corrected chi connectivity index (χ4v) is 4.18. The molecular weight excluding hydrogens is 309 g/mol. The van der Waals surface area contributed by atoms with Crippen molar-refractivity contribution in [3.63, 3.8) is 0 Å². The van der Waals surface area contributed by atoms with Crippen LogP contribution in [0.3, 0.4) is 0 Å². The normalized spacial score (nSPS) is 13.6. The lowest BCUT2D eigenvalue weighted by molar-refractivity contribution is 0.254. The lowest BCUT2D eigenvalue weighted by Gasteiger charge is -2.18. The first-order valence-electron chi connectivity index (χ1n) is 5.83. The monoisotopic (exact) mass is 325 g/mol. The van der Waals surface area contributed by atoms with Gasteiger partial charge in [0.1, 0.15) is 4.90 Å². The molecule has 0 aromatic heterocycles. The van der Waals surface area contributed by atoms with Crippen LogP contribution in [-0.4, -0.2) is 26.2 Å². The fraction of sp³-hybridized carbons (Fsp3) is 0.500. The Hall–Kier alpha value is -0.330. The number of halogens is 2. The maximum absolute atomic E-state index is 12.3. The second-order valence-electron chi connectivity index (χ2n) is 4.35. The van der Waals surface area contributed by atoms with E-state index in [2.05, 4.69) is 4.72 Å². The number of aliphatic hydroxyl groups excluding tert-OH is 1. The van der Waals surface area contributed by atoms with Gasteiger partial charge in [-0.15, -0.1) is 0 Å². The van der Waals surface area contributed by atoms with Gasteiger partial charge in [0.15, 0.2) is 0 Å². The molecule has 0 spiro atoms. The van der Waals surface area contributed by atoms with E-state index in [1.807, 2.05) is 0 Å². The standard InChI is InChI=1S/C12H17Cl2NO3S/c1-4-9(6-16)15-19(17,18)12-8(3)10(13)5-7(2)11(12)14/h5,9,15-16H,4,6H2,1-3H3/t9-/m0/s1. The molecule has 0 aliphatic heterocycles. The maximum Gasteiger partial charge on any atom is 0.242 e. The van der Waals surface area contributed by atoms with Crippen molar-refractivity contribution in [2.24, 2.45) is 0 Å². The van der Waals surface area contributed by atoms with Crippen molar-refractivity contribution in [2.45, 2.75) is 38.1 Å². The topological polar surface area (TPSA) is 66.4 Å². The van der Waals surface area contributed by atoms with Crippen molar-refractivity contribution in [3.8, 4) is 0 Å². The van der Waals surface area contributed by atoms with E-state index in [1.54, 1.807) is 26.8 Å². The van der Waals surface area contributed by atoms with Crippen molar-refractivity contribution >= 4 is 33.2 Å². The third kappa shape index (κ3) is 3.61. The lowest BCUT2D eigenvalue weighted by Crippen LogP contribution is -2.37. The second kappa shape index (κ2) is 6.41. The minimum atomic E-state index is -3.82. The Balaban J connectivity index is 3.37. The van der Waals surface area contributed by atoms with Crippen molar-refractivity contribution in [1.82, 2.24) is 4.72 Å². The lowest BCUT2D eigenvalue weighted by atomic mass is 10.2. The van der Waals surface area contributed by atoms with E-state index in [0.29, 0.717) is 22.6 Å². The molecule has 19 heavy (non-hydrogen) atoms. The van der Waals surface area contributed by atoms with Crippen LogP contribution in [0.4, 0.5) is 0 Å². The summed E-state index contributed by atoms with van der Waals surface area (Å²) < 4.78 is 27.1. The number of hydrogen-bond donors (Lipinski definition) is 2. The Kier molecular flexibility index (Phi) is 5.65. The quantitative estimate of drug-likeness (QED) is 0.874. The van der Waals surface area contributed by atoms with E-state index in [0.717, 1.165) is 0 Å². The van der Waals surface area contributed by atoms with Crippen LogP contribution in [0.15, 0.2) is 11.0 Å². The van der Waals surface area contributed by atoms with Gasteiger partial charge in [-0.05, 0) is 37.5 Å². The summed E-state index contributed by atoms with van der Waals surface area (Å²) in [7, 11) is -3.82. The van der Waals surface area contributed by atoms with Crippen LogP contribution in [0.2, 0.25) is 10.0 Å². The zero-order chi connectivity index (χ0) is 14.8. The maximum atomic E-state index is 12.3. The molecule has 1 aromatic carbocycles. The van der Waals surface area contributed by atoms with Crippen molar-refractivity contribution in [2.75, 3.05) is 6.61 Å². The summed E-state index contributed by atoms with van der Waals surface area (Å²) in [6.45, 7) is 4.80. The highest BCUT2D eigenvalue weighted by Gasteiger charge is 2.25.